The Bertz CT molecular complexity index is 135. The Morgan fingerprint density at radius 3 is 2.00 bits per heavy atom. The number of nitrogens with zero attached hydrogens (tertiary/aromatic N) is 1. The fraction of sp³-hybridized carbons (Fsp3) is 1.00. The standard InChI is InChI=1S/C11H23NO/c1-5-11(6-2)12-7-9(3)13-10(4)8-12/h9-11H,5-8H2,1-4H3. The minimum absolute atomic E-state index is 0.407. The van der Waals surface area contributed by atoms with E-state index in [1.165, 1.54) is 12.8 Å². The lowest BCUT2D eigenvalue weighted by atomic mass is 10.1. The summed E-state index contributed by atoms with van der Waals surface area (Å²) in [7, 11) is 0. The second-order valence-corrected chi connectivity index (χ2v) is 4.18. The third-order valence-corrected chi connectivity index (χ3v) is 2.91. The molecule has 1 aliphatic rings. The maximum atomic E-state index is 5.71. The molecule has 13 heavy (non-hydrogen) atoms. The smallest absolute Gasteiger partial charge is 0.0678 e. The van der Waals surface area contributed by atoms with E-state index in [0.717, 1.165) is 19.1 Å². The lowest BCUT2D eigenvalue weighted by Gasteiger charge is -2.39. The zero-order valence-electron chi connectivity index (χ0n) is 9.42. The molecule has 0 aromatic carbocycles. The highest BCUT2D eigenvalue weighted by Gasteiger charge is 2.25. The summed E-state index contributed by atoms with van der Waals surface area (Å²) >= 11 is 0. The van der Waals surface area contributed by atoms with E-state index in [2.05, 4.69) is 32.6 Å². The van der Waals surface area contributed by atoms with Crippen molar-refractivity contribution >= 4 is 0 Å². The molecule has 78 valence electrons. The predicted octanol–water partition coefficient (Wildman–Crippen LogP) is 2.28. The average molecular weight is 185 g/mol. The van der Waals surface area contributed by atoms with Gasteiger partial charge in [0.2, 0.25) is 0 Å². The molecule has 1 heterocycles. The molecule has 0 spiro atoms. The number of rotatable bonds is 3. The van der Waals surface area contributed by atoms with Gasteiger partial charge in [0.1, 0.15) is 0 Å². The minimum atomic E-state index is 0.407. The molecule has 0 saturated carbocycles. The first-order chi connectivity index (χ1) is 6.17. The second-order valence-electron chi connectivity index (χ2n) is 4.18. The van der Waals surface area contributed by atoms with Gasteiger partial charge >= 0.3 is 0 Å². The molecule has 0 N–H and O–H groups in total. The Kier molecular flexibility index (Phi) is 4.20. The maximum absolute atomic E-state index is 5.71. The monoisotopic (exact) mass is 185 g/mol. The molecule has 2 unspecified atom stereocenters. The first kappa shape index (κ1) is 11.0. The lowest BCUT2D eigenvalue weighted by molar-refractivity contribution is -0.0810. The van der Waals surface area contributed by atoms with Crippen molar-refractivity contribution in [3.8, 4) is 0 Å². The summed E-state index contributed by atoms with van der Waals surface area (Å²) in [4.78, 5) is 2.58. The van der Waals surface area contributed by atoms with Crippen LogP contribution < -0.4 is 0 Å². The largest absolute Gasteiger partial charge is 0.373 e. The quantitative estimate of drug-likeness (QED) is 0.669. The highest BCUT2D eigenvalue weighted by atomic mass is 16.5. The van der Waals surface area contributed by atoms with Crippen LogP contribution in [-0.4, -0.2) is 36.2 Å². The molecule has 0 amide bonds. The molecule has 1 fully saturated rings. The Balaban J connectivity index is 2.48. The van der Waals surface area contributed by atoms with Gasteiger partial charge < -0.3 is 4.74 Å². The Morgan fingerprint density at radius 1 is 1.15 bits per heavy atom. The first-order valence-electron chi connectivity index (χ1n) is 5.56. The molecule has 0 aliphatic carbocycles. The molecule has 1 aliphatic heterocycles. The molecular weight excluding hydrogens is 162 g/mol. The fourth-order valence-corrected chi connectivity index (χ4v) is 2.32. The number of hydrogen-bond donors (Lipinski definition) is 0. The van der Waals surface area contributed by atoms with Crippen LogP contribution in [0.3, 0.4) is 0 Å². The van der Waals surface area contributed by atoms with Crippen LogP contribution in [0.4, 0.5) is 0 Å². The van der Waals surface area contributed by atoms with E-state index in [9.17, 15) is 0 Å². The summed E-state index contributed by atoms with van der Waals surface area (Å²) in [5.41, 5.74) is 0. The van der Waals surface area contributed by atoms with E-state index in [1.807, 2.05) is 0 Å². The third-order valence-electron chi connectivity index (χ3n) is 2.91. The normalized spacial score (nSPS) is 31.2. The van der Waals surface area contributed by atoms with Gasteiger partial charge in [-0.15, -0.1) is 0 Å². The highest BCUT2D eigenvalue weighted by molar-refractivity contribution is 4.78. The summed E-state index contributed by atoms with van der Waals surface area (Å²) < 4.78 is 5.71. The van der Waals surface area contributed by atoms with Crippen molar-refractivity contribution in [3.05, 3.63) is 0 Å². The van der Waals surface area contributed by atoms with E-state index in [4.69, 9.17) is 4.74 Å². The van der Waals surface area contributed by atoms with E-state index in [0.29, 0.717) is 12.2 Å². The Labute approximate surface area is 82.3 Å². The summed E-state index contributed by atoms with van der Waals surface area (Å²) in [6.45, 7) is 11.1. The molecule has 0 aromatic rings. The van der Waals surface area contributed by atoms with Crippen molar-refractivity contribution in [1.29, 1.82) is 0 Å². The molecule has 2 nitrogen and oxygen atoms in total. The van der Waals surface area contributed by atoms with Gasteiger partial charge in [0.25, 0.3) is 0 Å². The van der Waals surface area contributed by atoms with Crippen molar-refractivity contribution in [2.24, 2.45) is 0 Å². The van der Waals surface area contributed by atoms with Crippen LogP contribution in [-0.2, 0) is 4.74 Å². The van der Waals surface area contributed by atoms with Crippen molar-refractivity contribution in [1.82, 2.24) is 4.90 Å². The number of ether oxygens (including phenoxy) is 1. The van der Waals surface area contributed by atoms with Crippen LogP contribution in [0.15, 0.2) is 0 Å². The maximum Gasteiger partial charge on any atom is 0.0678 e. The van der Waals surface area contributed by atoms with Crippen LogP contribution in [0.2, 0.25) is 0 Å². The summed E-state index contributed by atoms with van der Waals surface area (Å²) in [5, 5.41) is 0. The van der Waals surface area contributed by atoms with Crippen LogP contribution >= 0.6 is 0 Å². The predicted molar refractivity (Wildman–Crippen MR) is 56.0 cm³/mol. The Morgan fingerprint density at radius 2 is 1.62 bits per heavy atom. The van der Waals surface area contributed by atoms with Crippen molar-refractivity contribution in [2.75, 3.05) is 13.1 Å². The van der Waals surface area contributed by atoms with Gasteiger partial charge in [-0.25, -0.2) is 0 Å². The Hall–Kier alpha value is -0.0800. The van der Waals surface area contributed by atoms with Crippen molar-refractivity contribution in [3.63, 3.8) is 0 Å². The minimum Gasteiger partial charge on any atom is -0.373 e. The van der Waals surface area contributed by atoms with Crippen LogP contribution in [0.1, 0.15) is 40.5 Å². The van der Waals surface area contributed by atoms with Gasteiger partial charge in [-0.2, -0.15) is 0 Å². The second kappa shape index (κ2) is 4.97. The molecule has 0 aromatic heterocycles. The molecule has 2 atom stereocenters. The zero-order chi connectivity index (χ0) is 9.84. The molecule has 0 bridgehead atoms. The number of morpholine rings is 1. The van der Waals surface area contributed by atoms with E-state index >= 15 is 0 Å². The topological polar surface area (TPSA) is 12.5 Å². The molecule has 1 rings (SSSR count). The van der Waals surface area contributed by atoms with Gasteiger partial charge in [0.05, 0.1) is 12.2 Å². The molecule has 1 saturated heterocycles. The molecular formula is C11H23NO. The van der Waals surface area contributed by atoms with Gasteiger partial charge in [-0.3, -0.25) is 4.90 Å². The SMILES string of the molecule is CCC(CC)N1CC(C)OC(C)C1. The van der Waals surface area contributed by atoms with Gasteiger partial charge in [0, 0.05) is 19.1 Å². The van der Waals surface area contributed by atoms with Crippen molar-refractivity contribution in [2.45, 2.75) is 58.8 Å². The van der Waals surface area contributed by atoms with Crippen LogP contribution in [0.25, 0.3) is 0 Å². The van der Waals surface area contributed by atoms with E-state index in [-0.39, 0.29) is 0 Å². The van der Waals surface area contributed by atoms with Crippen LogP contribution in [0.5, 0.6) is 0 Å². The highest BCUT2D eigenvalue weighted by Crippen LogP contribution is 2.16. The van der Waals surface area contributed by atoms with Crippen molar-refractivity contribution < 1.29 is 4.74 Å². The lowest BCUT2D eigenvalue weighted by Crippen LogP contribution is -2.49. The zero-order valence-corrected chi connectivity index (χ0v) is 9.42. The summed E-state index contributed by atoms with van der Waals surface area (Å²) in [5.74, 6) is 0. The third kappa shape index (κ3) is 2.96. The first-order valence-corrected chi connectivity index (χ1v) is 5.56. The van der Waals surface area contributed by atoms with Gasteiger partial charge in [0.15, 0.2) is 0 Å². The van der Waals surface area contributed by atoms with Crippen LogP contribution in [0, 0.1) is 0 Å². The van der Waals surface area contributed by atoms with E-state index in [1.54, 1.807) is 0 Å². The van der Waals surface area contributed by atoms with Gasteiger partial charge in [-0.05, 0) is 26.7 Å². The van der Waals surface area contributed by atoms with E-state index < -0.39 is 0 Å². The number of hydrogen-bond acceptors (Lipinski definition) is 2. The summed E-state index contributed by atoms with van der Waals surface area (Å²) in [6.07, 6.45) is 3.33. The molecule has 0 radical (unpaired) electrons. The molecule has 2 heteroatoms. The average Bonchev–Trinajstić information content (AvgIpc) is 2.04. The van der Waals surface area contributed by atoms with Gasteiger partial charge in [-0.1, -0.05) is 13.8 Å². The summed E-state index contributed by atoms with van der Waals surface area (Å²) in [6, 6.07) is 0.758. The fourth-order valence-electron chi connectivity index (χ4n) is 2.32.